The van der Waals surface area contributed by atoms with E-state index in [1.54, 1.807) is 6.20 Å². The Labute approximate surface area is 105 Å². The van der Waals surface area contributed by atoms with E-state index in [1.165, 1.54) is 10.9 Å². The molecule has 2 atom stereocenters. The molecule has 1 aromatic heterocycles. The predicted molar refractivity (Wildman–Crippen MR) is 65.0 cm³/mol. The van der Waals surface area contributed by atoms with E-state index in [1.807, 2.05) is 27.7 Å². The number of hydrogen-bond donors (Lipinski definition) is 1. The first kappa shape index (κ1) is 10.1. The van der Waals surface area contributed by atoms with Gasteiger partial charge in [0.15, 0.2) is 0 Å². The SMILES string of the molecule is [2H][C@@H](O)[C@H]([2H])n1cc(B2OC(C)(C)C(C)(C)O2)cn1. The summed E-state index contributed by atoms with van der Waals surface area (Å²) in [7, 11) is -0.547. The molecule has 6 heteroatoms. The van der Waals surface area contributed by atoms with E-state index in [0.717, 1.165) is 0 Å². The molecule has 0 bridgehead atoms. The Balaban J connectivity index is 2.17. The molecule has 0 aliphatic carbocycles. The molecule has 1 fully saturated rings. The average Bonchev–Trinajstić information content (AvgIpc) is 2.81. The van der Waals surface area contributed by atoms with Gasteiger partial charge in [-0.15, -0.1) is 0 Å². The van der Waals surface area contributed by atoms with Gasteiger partial charge < -0.3 is 14.4 Å². The summed E-state index contributed by atoms with van der Waals surface area (Å²) >= 11 is 0. The Hall–Kier alpha value is -0.845. The maximum atomic E-state index is 9.07. The van der Waals surface area contributed by atoms with Crippen molar-refractivity contribution in [2.24, 2.45) is 0 Å². The molecule has 94 valence electrons. The highest BCUT2D eigenvalue weighted by Crippen LogP contribution is 2.36. The minimum absolute atomic E-state index is 0.435. The van der Waals surface area contributed by atoms with E-state index < -0.39 is 31.4 Å². The molecule has 0 unspecified atom stereocenters. The number of aryl methyl sites for hydroxylation is 1. The maximum Gasteiger partial charge on any atom is 0.498 e. The third-order valence-corrected chi connectivity index (χ3v) is 3.37. The molecule has 0 spiro atoms. The van der Waals surface area contributed by atoms with Gasteiger partial charge in [-0.05, 0) is 27.7 Å². The molecule has 17 heavy (non-hydrogen) atoms. The molecule has 1 aliphatic heterocycles. The summed E-state index contributed by atoms with van der Waals surface area (Å²) < 4.78 is 27.6. The highest BCUT2D eigenvalue weighted by atomic mass is 16.7. The van der Waals surface area contributed by atoms with Crippen LogP contribution in [0.4, 0.5) is 0 Å². The second-order valence-electron chi connectivity index (χ2n) is 5.14. The van der Waals surface area contributed by atoms with Crippen LogP contribution in [0.2, 0.25) is 0 Å². The zero-order chi connectivity index (χ0) is 14.4. The van der Waals surface area contributed by atoms with E-state index in [4.69, 9.17) is 17.2 Å². The van der Waals surface area contributed by atoms with Crippen LogP contribution in [0, 0.1) is 0 Å². The molecule has 0 radical (unpaired) electrons. The molecular weight excluding hydrogens is 219 g/mol. The van der Waals surface area contributed by atoms with Gasteiger partial charge in [0.1, 0.15) is 0 Å². The molecule has 1 N–H and O–H groups in total. The summed E-state index contributed by atoms with van der Waals surface area (Å²) in [5.74, 6) is 0. The number of hydrogen-bond acceptors (Lipinski definition) is 4. The number of rotatable bonds is 3. The molecular formula is C11H19BN2O3. The first-order valence-electron chi connectivity index (χ1n) is 6.72. The van der Waals surface area contributed by atoms with Crippen LogP contribution in [-0.2, 0) is 15.8 Å². The Morgan fingerprint density at radius 3 is 2.53 bits per heavy atom. The van der Waals surface area contributed by atoms with Crippen LogP contribution < -0.4 is 5.46 Å². The molecule has 0 saturated carbocycles. The van der Waals surface area contributed by atoms with Gasteiger partial charge in [-0.25, -0.2) is 0 Å². The monoisotopic (exact) mass is 240 g/mol. The minimum atomic E-state index is -1.54. The number of aromatic nitrogens is 2. The summed E-state index contributed by atoms with van der Waals surface area (Å²) in [5, 5.41) is 13.0. The van der Waals surface area contributed by atoms with Crippen LogP contribution in [-0.4, -0.2) is 39.8 Å². The summed E-state index contributed by atoms with van der Waals surface area (Å²) in [6, 6.07) is 0. The minimum Gasteiger partial charge on any atom is -0.399 e. The molecule has 5 nitrogen and oxygen atoms in total. The van der Waals surface area contributed by atoms with Crippen molar-refractivity contribution in [1.29, 1.82) is 0 Å². The largest absolute Gasteiger partial charge is 0.498 e. The topological polar surface area (TPSA) is 56.5 Å². The Morgan fingerprint density at radius 1 is 1.41 bits per heavy atom. The zero-order valence-corrected chi connectivity index (χ0v) is 10.5. The summed E-state index contributed by atoms with van der Waals surface area (Å²) in [6.45, 7) is 5.13. The molecule has 1 aromatic rings. The lowest BCUT2D eigenvalue weighted by atomic mass is 9.82. The third kappa shape index (κ3) is 2.25. The van der Waals surface area contributed by atoms with E-state index in [2.05, 4.69) is 5.10 Å². The van der Waals surface area contributed by atoms with Crippen molar-refractivity contribution in [3.05, 3.63) is 12.4 Å². The molecule has 1 aliphatic rings. The fraction of sp³-hybridized carbons (Fsp3) is 0.727. The van der Waals surface area contributed by atoms with E-state index in [9.17, 15) is 0 Å². The first-order chi connectivity index (χ1) is 8.64. The van der Waals surface area contributed by atoms with Crippen LogP contribution in [0.25, 0.3) is 0 Å². The fourth-order valence-electron chi connectivity index (χ4n) is 1.60. The van der Waals surface area contributed by atoms with E-state index in [-0.39, 0.29) is 0 Å². The first-order valence-corrected chi connectivity index (χ1v) is 5.56. The van der Waals surface area contributed by atoms with Crippen molar-refractivity contribution < 1.29 is 17.2 Å². The Kier molecular flexibility index (Phi) is 2.45. The smallest absolute Gasteiger partial charge is 0.399 e. The highest BCUT2D eigenvalue weighted by molar-refractivity contribution is 6.61. The van der Waals surface area contributed by atoms with Gasteiger partial charge in [0.05, 0.1) is 27.0 Å². The quantitative estimate of drug-likeness (QED) is 0.765. The van der Waals surface area contributed by atoms with Crippen molar-refractivity contribution in [2.75, 3.05) is 6.58 Å². The lowest BCUT2D eigenvalue weighted by Gasteiger charge is -2.32. The van der Waals surface area contributed by atoms with Crippen LogP contribution in [0.15, 0.2) is 12.4 Å². The predicted octanol–water partition coefficient (Wildman–Crippen LogP) is 0.175. The molecule has 1 saturated heterocycles. The van der Waals surface area contributed by atoms with Gasteiger partial charge in [-0.3, -0.25) is 4.68 Å². The van der Waals surface area contributed by atoms with Gasteiger partial charge in [0.25, 0.3) is 0 Å². The normalized spacial score (nSPS) is 27.5. The number of nitrogens with zero attached hydrogens (tertiary/aromatic N) is 2. The van der Waals surface area contributed by atoms with Crippen LogP contribution in [0.1, 0.15) is 30.4 Å². The van der Waals surface area contributed by atoms with Crippen LogP contribution >= 0.6 is 0 Å². The number of aliphatic hydroxyl groups excluding tert-OH is 1. The van der Waals surface area contributed by atoms with Crippen LogP contribution in [0.3, 0.4) is 0 Å². The van der Waals surface area contributed by atoms with Gasteiger partial charge in [0, 0.05) is 17.9 Å². The Bertz CT molecular complexity index is 449. The summed E-state index contributed by atoms with van der Waals surface area (Å²) in [4.78, 5) is 0. The lowest BCUT2D eigenvalue weighted by molar-refractivity contribution is 0.00578. The van der Waals surface area contributed by atoms with Crippen molar-refractivity contribution in [3.8, 4) is 0 Å². The molecule has 0 aromatic carbocycles. The standard InChI is InChI=1S/C11H19BN2O3/c1-10(2)11(3,4)17-12(16-10)9-7-13-14(8-9)5-6-15/h7-8,15H,5-6H2,1-4H3/i5D,6D/t5-,6+/m0/s1. The molecule has 2 heterocycles. The van der Waals surface area contributed by atoms with Gasteiger partial charge in [-0.2, -0.15) is 5.10 Å². The third-order valence-electron chi connectivity index (χ3n) is 3.37. The van der Waals surface area contributed by atoms with E-state index >= 15 is 0 Å². The van der Waals surface area contributed by atoms with Crippen molar-refractivity contribution in [2.45, 2.75) is 45.4 Å². The highest BCUT2D eigenvalue weighted by Gasteiger charge is 2.52. The fourth-order valence-corrected chi connectivity index (χ4v) is 1.60. The van der Waals surface area contributed by atoms with Crippen molar-refractivity contribution >= 4 is 12.6 Å². The second-order valence-corrected chi connectivity index (χ2v) is 5.14. The second kappa shape index (κ2) is 4.12. The average molecular weight is 240 g/mol. The summed E-state index contributed by atoms with van der Waals surface area (Å²) in [5.41, 5.74) is -0.194. The summed E-state index contributed by atoms with van der Waals surface area (Å²) in [6.07, 6.45) is 3.10. The molecule has 2 rings (SSSR count). The van der Waals surface area contributed by atoms with Crippen LogP contribution in [0.5, 0.6) is 0 Å². The van der Waals surface area contributed by atoms with Gasteiger partial charge in [-0.1, -0.05) is 0 Å². The van der Waals surface area contributed by atoms with Crippen molar-refractivity contribution in [3.63, 3.8) is 0 Å². The molecule has 0 amide bonds. The van der Waals surface area contributed by atoms with Crippen molar-refractivity contribution in [1.82, 2.24) is 9.78 Å². The zero-order valence-electron chi connectivity index (χ0n) is 12.5. The number of aliphatic hydroxyl groups is 1. The lowest BCUT2D eigenvalue weighted by Crippen LogP contribution is -2.41. The van der Waals surface area contributed by atoms with E-state index in [0.29, 0.717) is 5.46 Å². The van der Waals surface area contributed by atoms with Gasteiger partial charge >= 0.3 is 7.12 Å². The Morgan fingerprint density at radius 2 is 2.00 bits per heavy atom. The maximum absolute atomic E-state index is 9.07. The van der Waals surface area contributed by atoms with Gasteiger partial charge in [0.2, 0.25) is 0 Å².